The lowest BCUT2D eigenvalue weighted by atomic mass is 10.3. The van der Waals surface area contributed by atoms with Crippen molar-refractivity contribution in [2.45, 2.75) is 32.1 Å². The number of thiazole rings is 1. The highest BCUT2D eigenvalue weighted by molar-refractivity contribution is 7.22. The highest BCUT2D eigenvalue weighted by atomic mass is 32.1. The first-order valence-electron chi connectivity index (χ1n) is 9.68. The molecule has 0 radical (unpaired) electrons. The number of fused-ring (bicyclic) bond motifs is 1. The normalized spacial score (nSPS) is 13.0. The summed E-state index contributed by atoms with van der Waals surface area (Å²) in [6, 6.07) is 21.4. The standard InChI is InChI=1S/C18H13N3OS.C5H10/c1-2-6-16-15(5-1)21-18(23-16)20-13-8-10-14(11-9-13)22-17-7-3-4-12-19-17;1-2-4-5-3-1/h1-12H,(H,20,21);1-5H2. The lowest BCUT2D eigenvalue weighted by molar-refractivity contribution is 0.463. The largest absolute Gasteiger partial charge is 0.439 e. The van der Waals surface area contributed by atoms with E-state index in [1.165, 1.54) is 36.8 Å². The Labute approximate surface area is 169 Å². The number of ether oxygens (including phenoxy) is 1. The number of pyridine rings is 1. The maximum atomic E-state index is 5.68. The molecule has 0 aliphatic heterocycles. The molecule has 0 amide bonds. The Morgan fingerprint density at radius 1 is 0.786 bits per heavy atom. The van der Waals surface area contributed by atoms with Gasteiger partial charge in [0, 0.05) is 18.0 Å². The summed E-state index contributed by atoms with van der Waals surface area (Å²) in [5.41, 5.74) is 1.98. The van der Waals surface area contributed by atoms with Gasteiger partial charge in [0.2, 0.25) is 5.88 Å². The van der Waals surface area contributed by atoms with Gasteiger partial charge in [-0.05, 0) is 42.5 Å². The van der Waals surface area contributed by atoms with Crippen LogP contribution in [0.3, 0.4) is 0 Å². The molecule has 0 saturated heterocycles. The molecule has 142 valence electrons. The SMILES string of the molecule is C1CCCC1.c1ccc(Oc2ccc(Nc3nc4ccccc4s3)cc2)nc1. The summed E-state index contributed by atoms with van der Waals surface area (Å²) < 4.78 is 6.85. The van der Waals surface area contributed by atoms with E-state index in [1.54, 1.807) is 17.5 Å². The smallest absolute Gasteiger partial charge is 0.219 e. The van der Waals surface area contributed by atoms with Crippen LogP contribution in [0.25, 0.3) is 10.2 Å². The maximum Gasteiger partial charge on any atom is 0.219 e. The third kappa shape index (κ3) is 5.08. The van der Waals surface area contributed by atoms with Crippen LogP contribution < -0.4 is 10.1 Å². The van der Waals surface area contributed by atoms with Gasteiger partial charge in [0.15, 0.2) is 5.13 Å². The second-order valence-corrected chi connectivity index (χ2v) is 7.70. The summed E-state index contributed by atoms with van der Waals surface area (Å²) in [5.74, 6) is 1.33. The van der Waals surface area contributed by atoms with E-state index >= 15 is 0 Å². The van der Waals surface area contributed by atoms with E-state index in [0.29, 0.717) is 5.88 Å². The second-order valence-electron chi connectivity index (χ2n) is 6.67. The van der Waals surface area contributed by atoms with Crippen LogP contribution >= 0.6 is 11.3 Å². The number of nitrogens with one attached hydrogen (secondary N) is 1. The molecule has 1 N–H and O–H groups in total. The van der Waals surface area contributed by atoms with Gasteiger partial charge in [0.25, 0.3) is 0 Å². The Morgan fingerprint density at radius 2 is 1.50 bits per heavy atom. The van der Waals surface area contributed by atoms with Crippen LogP contribution in [0.15, 0.2) is 72.9 Å². The number of hydrogen-bond donors (Lipinski definition) is 1. The molecule has 4 nitrogen and oxygen atoms in total. The van der Waals surface area contributed by atoms with Crippen molar-refractivity contribution in [3.8, 4) is 11.6 Å². The predicted molar refractivity (Wildman–Crippen MR) is 117 cm³/mol. The lowest BCUT2D eigenvalue weighted by Gasteiger charge is -2.06. The molecule has 0 atom stereocenters. The van der Waals surface area contributed by atoms with Crippen molar-refractivity contribution in [3.63, 3.8) is 0 Å². The van der Waals surface area contributed by atoms with Crippen LogP contribution in [0.5, 0.6) is 11.6 Å². The molecular formula is C23H23N3OS. The highest BCUT2D eigenvalue weighted by Gasteiger charge is 2.04. The molecule has 5 heteroatoms. The van der Waals surface area contributed by atoms with Crippen molar-refractivity contribution in [1.29, 1.82) is 0 Å². The molecule has 1 aliphatic rings. The van der Waals surface area contributed by atoms with E-state index in [0.717, 1.165) is 22.1 Å². The van der Waals surface area contributed by atoms with E-state index in [1.807, 2.05) is 60.7 Å². The Kier molecular flexibility index (Phi) is 6.15. The molecule has 2 aromatic carbocycles. The summed E-state index contributed by atoms with van der Waals surface area (Å²) in [7, 11) is 0. The summed E-state index contributed by atoms with van der Waals surface area (Å²) in [4.78, 5) is 8.71. The molecule has 2 aromatic heterocycles. The van der Waals surface area contributed by atoms with Crippen LogP contribution in [-0.4, -0.2) is 9.97 Å². The topological polar surface area (TPSA) is 47.0 Å². The number of benzene rings is 2. The molecule has 0 spiro atoms. The van der Waals surface area contributed by atoms with Crippen LogP contribution in [-0.2, 0) is 0 Å². The molecule has 1 aliphatic carbocycles. The summed E-state index contributed by atoms with van der Waals surface area (Å²) in [6.07, 6.45) is 9.21. The van der Waals surface area contributed by atoms with Crippen molar-refractivity contribution in [3.05, 3.63) is 72.9 Å². The Bertz CT molecular complexity index is 955. The molecule has 1 saturated carbocycles. The number of aromatic nitrogens is 2. The monoisotopic (exact) mass is 389 g/mol. The molecule has 28 heavy (non-hydrogen) atoms. The number of rotatable bonds is 4. The molecule has 5 rings (SSSR count). The summed E-state index contributed by atoms with van der Waals surface area (Å²) in [5, 5.41) is 4.20. The van der Waals surface area contributed by atoms with E-state index in [-0.39, 0.29) is 0 Å². The predicted octanol–water partition coefficient (Wildman–Crippen LogP) is 7.18. The van der Waals surface area contributed by atoms with Gasteiger partial charge in [-0.1, -0.05) is 61.6 Å². The van der Waals surface area contributed by atoms with Crippen molar-refractivity contribution >= 4 is 32.4 Å². The quantitative estimate of drug-likeness (QED) is 0.401. The second kappa shape index (κ2) is 9.33. The Hall–Kier alpha value is -2.92. The van der Waals surface area contributed by atoms with Gasteiger partial charge in [-0.2, -0.15) is 0 Å². The van der Waals surface area contributed by atoms with Crippen LogP contribution in [0.2, 0.25) is 0 Å². The molecule has 4 aromatic rings. The van der Waals surface area contributed by atoms with Crippen LogP contribution in [0, 0.1) is 0 Å². The molecular weight excluding hydrogens is 366 g/mol. The average Bonchev–Trinajstić information content (AvgIpc) is 3.43. The first-order chi connectivity index (χ1) is 13.9. The first kappa shape index (κ1) is 18.4. The number of para-hydroxylation sites is 1. The zero-order chi connectivity index (χ0) is 19.0. The fraction of sp³-hybridized carbons (Fsp3) is 0.217. The number of hydrogen-bond acceptors (Lipinski definition) is 5. The van der Waals surface area contributed by atoms with E-state index in [9.17, 15) is 0 Å². The minimum atomic E-state index is 0.583. The van der Waals surface area contributed by atoms with E-state index < -0.39 is 0 Å². The fourth-order valence-electron chi connectivity index (χ4n) is 3.07. The van der Waals surface area contributed by atoms with Gasteiger partial charge in [0.05, 0.1) is 10.2 Å². The molecule has 0 unspecified atom stereocenters. The van der Waals surface area contributed by atoms with Crippen LogP contribution in [0.4, 0.5) is 10.8 Å². The average molecular weight is 390 g/mol. The maximum absolute atomic E-state index is 5.68. The van der Waals surface area contributed by atoms with Crippen molar-refractivity contribution in [2.75, 3.05) is 5.32 Å². The van der Waals surface area contributed by atoms with E-state index in [4.69, 9.17) is 4.74 Å². The van der Waals surface area contributed by atoms with Crippen molar-refractivity contribution < 1.29 is 4.74 Å². The van der Waals surface area contributed by atoms with E-state index in [2.05, 4.69) is 21.4 Å². The molecule has 2 heterocycles. The van der Waals surface area contributed by atoms with Gasteiger partial charge in [0.1, 0.15) is 5.75 Å². The molecule has 0 bridgehead atoms. The number of nitrogens with zero attached hydrogens (tertiary/aromatic N) is 2. The van der Waals surface area contributed by atoms with Crippen molar-refractivity contribution in [1.82, 2.24) is 9.97 Å². The summed E-state index contributed by atoms with van der Waals surface area (Å²) in [6.45, 7) is 0. The highest BCUT2D eigenvalue weighted by Crippen LogP contribution is 2.29. The lowest BCUT2D eigenvalue weighted by Crippen LogP contribution is -1.90. The fourth-order valence-corrected chi connectivity index (χ4v) is 3.95. The van der Waals surface area contributed by atoms with Gasteiger partial charge in [-0.3, -0.25) is 0 Å². The van der Waals surface area contributed by atoms with Crippen molar-refractivity contribution in [2.24, 2.45) is 0 Å². The third-order valence-electron chi connectivity index (χ3n) is 4.51. The third-order valence-corrected chi connectivity index (χ3v) is 5.46. The Morgan fingerprint density at radius 3 is 2.18 bits per heavy atom. The van der Waals surface area contributed by atoms with Gasteiger partial charge >= 0.3 is 0 Å². The first-order valence-corrected chi connectivity index (χ1v) is 10.5. The minimum absolute atomic E-state index is 0.583. The van der Waals surface area contributed by atoms with Crippen LogP contribution in [0.1, 0.15) is 32.1 Å². The minimum Gasteiger partial charge on any atom is -0.439 e. The number of anilines is 2. The van der Waals surface area contributed by atoms with Gasteiger partial charge in [-0.15, -0.1) is 0 Å². The summed E-state index contributed by atoms with van der Waals surface area (Å²) >= 11 is 1.64. The zero-order valence-electron chi connectivity index (χ0n) is 15.7. The zero-order valence-corrected chi connectivity index (χ0v) is 16.5. The molecule has 1 fully saturated rings. The van der Waals surface area contributed by atoms with Gasteiger partial charge < -0.3 is 10.1 Å². The van der Waals surface area contributed by atoms with Gasteiger partial charge in [-0.25, -0.2) is 9.97 Å². The Balaban J connectivity index is 0.000000336.